The van der Waals surface area contributed by atoms with Crippen molar-refractivity contribution < 1.29 is 14.4 Å². The van der Waals surface area contributed by atoms with Crippen LogP contribution in [0.3, 0.4) is 0 Å². The minimum absolute atomic E-state index is 0.237. The molecule has 2 unspecified atom stereocenters. The van der Waals surface area contributed by atoms with E-state index in [4.69, 9.17) is 0 Å². The van der Waals surface area contributed by atoms with Crippen LogP contribution in [0.1, 0.15) is 145 Å². The van der Waals surface area contributed by atoms with E-state index in [0.29, 0.717) is 23.7 Å². The van der Waals surface area contributed by atoms with Gasteiger partial charge in [-0.3, -0.25) is 0 Å². The third kappa shape index (κ3) is 4.40. The monoisotopic (exact) mass is 730 g/mol. The van der Waals surface area contributed by atoms with Crippen LogP contribution in [0, 0.1) is 0 Å². The van der Waals surface area contributed by atoms with Crippen molar-refractivity contribution in [2.45, 2.75) is 109 Å². The van der Waals surface area contributed by atoms with Crippen LogP contribution in [0.5, 0.6) is 0 Å². The van der Waals surface area contributed by atoms with Crippen molar-refractivity contribution in [1.82, 2.24) is 0 Å². The topological polar surface area (TPSA) is 0 Å². The second kappa shape index (κ2) is 10.7. The molecule has 2 atom stereocenters. The zero-order valence-electron chi connectivity index (χ0n) is 31.9. The molecule has 0 N–H and O–H groups in total. The van der Waals surface area contributed by atoms with Crippen LogP contribution in [-0.2, 0) is 14.4 Å². The molecular weight excluding hydrogens is 672 g/mol. The summed E-state index contributed by atoms with van der Waals surface area (Å²) in [6.45, 7) is 26.4. The van der Waals surface area contributed by atoms with Gasteiger partial charge in [-0.1, -0.05) is 0 Å². The quantitative estimate of drug-likeness (QED) is 0.158. The number of benzene rings is 4. The summed E-state index contributed by atoms with van der Waals surface area (Å²) >= 11 is -5.91. The first-order chi connectivity index (χ1) is 22.3. The van der Waals surface area contributed by atoms with Crippen molar-refractivity contribution in [3.05, 3.63) is 141 Å². The molecule has 6 rings (SSSR count). The molecule has 0 aromatic heterocycles. The van der Waals surface area contributed by atoms with Crippen LogP contribution < -0.4 is 6.54 Å². The Bertz CT molecular complexity index is 1980. The fourth-order valence-corrected chi connectivity index (χ4v) is 51.5. The summed E-state index contributed by atoms with van der Waals surface area (Å²) in [6, 6.07) is 34.2. The molecule has 4 aromatic rings. The zero-order chi connectivity index (χ0) is 35.1. The fourth-order valence-electron chi connectivity index (χ4n) is 11.6. The van der Waals surface area contributed by atoms with Crippen LogP contribution in [0.4, 0.5) is 0 Å². The standard InChI is InChI=1S/2C16H21.2C6H5.2CH3.H2Si.Zr/c2*1-10(2)13-8-14-6-12(5)7-16(14)15(9-13)11(3)4;2*1-2-4-6-5-3-1;;;;/h2*6-11H,1-5H3;2*1-5H;2*1H3;1H2;. The van der Waals surface area contributed by atoms with E-state index in [-0.39, 0.29) is 7.25 Å². The van der Waals surface area contributed by atoms with Gasteiger partial charge in [-0.05, 0) is 0 Å². The van der Waals surface area contributed by atoms with Gasteiger partial charge in [-0.2, -0.15) is 0 Å². The maximum absolute atomic E-state index is 5.91. The average Bonchev–Trinajstić information content (AvgIpc) is 3.58. The fraction of sp³-hybridized carbons (Fsp3) is 0.391. The Labute approximate surface area is 288 Å². The Balaban J connectivity index is 1.94. The molecule has 0 bridgehead atoms. The summed E-state index contributed by atoms with van der Waals surface area (Å²) in [4.78, 5) is 0. The molecule has 0 saturated heterocycles. The van der Waals surface area contributed by atoms with E-state index in [1.165, 1.54) is 44.5 Å². The number of hydrogen-bond acceptors (Lipinski definition) is 0. The summed E-state index contributed by atoms with van der Waals surface area (Å²) in [5, 5.41) is 0. The first-order valence-electron chi connectivity index (χ1n) is 18.6. The van der Waals surface area contributed by atoms with Gasteiger partial charge >= 0.3 is 290 Å². The van der Waals surface area contributed by atoms with Gasteiger partial charge in [0.05, 0.1) is 0 Å². The van der Waals surface area contributed by atoms with E-state index in [0.717, 1.165) is 0 Å². The van der Waals surface area contributed by atoms with E-state index in [1.807, 2.05) is 0 Å². The van der Waals surface area contributed by atoms with E-state index in [9.17, 15) is 0 Å². The van der Waals surface area contributed by atoms with Crippen molar-refractivity contribution >= 4 is 25.6 Å². The molecule has 0 nitrogen and oxygen atoms in total. The predicted octanol–water partition coefficient (Wildman–Crippen LogP) is 11.9. The Morgan fingerprint density at radius 1 is 0.500 bits per heavy atom. The summed E-state index contributed by atoms with van der Waals surface area (Å²) in [5.74, 6) is 1.81. The molecule has 0 aliphatic heterocycles. The summed E-state index contributed by atoms with van der Waals surface area (Å²) in [6.07, 6.45) is 5.22. The second-order valence-electron chi connectivity index (χ2n) is 19.2. The van der Waals surface area contributed by atoms with Crippen LogP contribution in [0.2, 0.25) is 9.26 Å². The molecule has 2 aliphatic carbocycles. The van der Waals surface area contributed by atoms with Gasteiger partial charge in [-0.25, -0.2) is 0 Å². The second-order valence-corrected chi connectivity index (χ2v) is 66.8. The van der Waals surface area contributed by atoms with Gasteiger partial charge in [-0.15, -0.1) is 0 Å². The molecule has 2 aliphatic rings. The van der Waals surface area contributed by atoms with E-state index in [1.54, 1.807) is 17.7 Å². The third-order valence-electron chi connectivity index (χ3n) is 13.9. The zero-order valence-corrected chi connectivity index (χ0v) is 35.8. The van der Waals surface area contributed by atoms with Gasteiger partial charge in [0.15, 0.2) is 0 Å². The third-order valence-corrected chi connectivity index (χ3v) is 53.5. The molecule has 0 fully saturated rings. The van der Waals surface area contributed by atoms with Gasteiger partial charge in [0, 0.05) is 0 Å². The average molecular weight is 732 g/mol. The first-order valence-corrected chi connectivity index (χ1v) is 34.8. The Morgan fingerprint density at radius 3 is 1.12 bits per heavy atom. The molecule has 48 heavy (non-hydrogen) atoms. The predicted molar refractivity (Wildman–Crippen MR) is 214 cm³/mol. The number of allylic oxidation sites excluding steroid dienone is 2. The molecule has 252 valence electrons. The Morgan fingerprint density at radius 2 is 0.833 bits per heavy atom. The van der Waals surface area contributed by atoms with Gasteiger partial charge in [0.1, 0.15) is 0 Å². The van der Waals surface area contributed by atoms with Crippen molar-refractivity contribution in [2.24, 2.45) is 0 Å². The van der Waals surface area contributed by atoms with Gasteiger partial charge in [0.25, 0.3) is 0 Å². The normalized spacial score (nSPS) is 19.9. The molecular formula is C46H60SiZr. The van der Waals surface area contributed by atoms with E-state index in [2.05, 4.69) is 182 Å². The minimum atomic E-state index is -5.91. The molecule has 4 aromatic carbocycles. The SMILES string of the molecule is CC1=Cc2c(C(C)C)cc(C(C)C)cc2[CH]1[Zr]([CH3])([CH3])(=[SiH2])([c]1ccccc1)([c]1ccccc1)[CH]1C(C)=Cc2c(C(C)C)cc(C(C)C)cc21. The van der Waals surface area contributed by atoms with Crippen LogP contribution >= 0.6 is 0 Å². The molecule has 2 heteroatoms. The number of rotatable bonds is 8. The molecule has 0 amide bonds. The number of fused-ring (bicyclic) bond motifs is 2. The maximum atomic E-state index is 2.88. The summed E-state index contributed by atoms with van der Waals surface area (Å²) in [7, 11) is 0. The van der Waals surface area contributed by atoms with Crippen LogP contribution in [0.25, 0.3) is 12.2 Å². The van der Waals surface area contributed by atoms with Crippen LogP contribution in [-0.4, -0.2) is 6.88 Å². The van der Waals surface area contributed by atoms with E-state index >= 15 is 0 Å². The Hall–Kier alpha value is -2.54. The van der Waals surface area contributed by atoms with Gasteiger partial charge < -0.3 is 0 Å². The Kier molecular flexibility index (Phi) is 7.89. The van der Waals surface area contributed by atoms with Crippen molar-refractivity contribution in [1.29, 1.82) is 0 Å². The van der Waals surface area contributed by atoms with Crippen molar-refractivity contribution in [3.63, 3.8) is 0 Å². The summed E-state index contributed by atoms with van der Waals surface area (Å²) in [5.41, 5.74) is 15.0. The number of hydrogen-bond donors (Lipinski definition) is 0. The molecule has 0 radical (unpaired) electrons. The molecule has 0 spiro atoms. The van der Waals surface area contributed by atoms with E-state index < -0.39 is 14.4 Å². The van der Waals surface area contributed by atoms with Crippen molar-refractivity contribution in [2.75, 3.05) is 0 Å². The van der Waals surface area contributed by atoms with Crippen molar-refractivity contribution in [3.8, 4) is 0 Å². The van der Waals surface area contributed by atoms with Crippen LogP contribution in [0.15, 0.2) is 96.1 Å². The first kappa shape index (κ1) is 35.3. The molecule has 0 saturated carbocycles. The van der Waals surface area contributed by atoms with Gasteiger partial charge in [0.2, 0.25) is 0 Å². The summed E-state index contributed by atoms with van der Waals surface area (Å²) < 4.78 is 9.33. The molecule has 0 heterocycles.